The van der Waals surface area contributed by atoms with E-state index in [2.05, 4.69) is 35.2 Å². The molecule has 0 saturated carbocycles. The third-order valence-corrected chi connectivity index (χ3v) is 4.26. The van der Waals surface area contributed by atoms with Gasteiger partial charge in [-0.25, -0.2) is 0 Å². The third-order valence-electron chi connectivity index (χ3n) is 4.26. The maximum Gasteiger partial charge on any atom is 0.134 e. The Morgan fingerprint density at radius 3 is 2.33 bits per heavy atom. The van der Waals surface area contributed by atoms with Gasteiger partial charge in [0.15, 0.2) is 0 Å². The summed E-state index contributed by atoms with van der Waals surface area (Å²) in [5, 5.41) is 1.15. The van der Waals surface area contributed by atoms with Gasteiger partial charge in [-0.05, 0) is 17.2 Å². The highest BCUT2D eigenvalue weighted by molar-refractivity contribution is 5.82. The van der Waals surface area contributed by atoms with Crippen LogP contribution in [0.4, 0.5) is 0 Å². The molecule has 0 bridgehead atoms. The average Bonchev–Trinajstić information content (AvgIpc) is 3.06. The summed E-state index contributed by atoms with van der Waals surface area (Å²) >= 11 is 0. The molecule has 0 atom stereocenters. The Morgan fingerprint density at radius 2 is 1.62 bits per heavy atom. The van der Waals surface area contributed by atoms with Gasteiger partial charge < -0.3 is 10.2 Å². The molecule has 2 heterocycles. The molecule has 0 saturated heterocycles. The molecule has 0 unspecified atom stereocenters. The van der Waals surface area contributed by atoms with Crippen LogP contribution >= 0.6 is 0 Å². The number of rotatable bonds is 3. The van der Waals surface area contributed by atoms with Crippen LogP contribution in [0.1, 0.15) is 22.5 Å². The molecule has 0 amide bonds. The summed E-state index contributed by atoms with van der Waals surface area (Å²) < 4.78 is 6.03. The summed E-state index contributed by atoms with van der Waals surface area (Å²) in [5.74, 6) is 1.01. The summed E-state index contributed by atoms with van der Waals surface area (Å²) in [6.07, 6.45) is 0. The minimum atomic E-state index is 0.521. The average molecular weight is 278 g/mol. The van der Waals surface area contributed by atoms with Crippen molar-refractivity contribution in [2.75, 3.05) is 0 Å². The minimum Gasteiger partial charge on any atom is -0.459 e. The van der Waals surface area contributed by atoms with Gasteiger partial charge in [0.2, 0.25) is 0 Å². The Hall–Kier alpha value is -2.10. The highest BCUT2D eigenvalue weighted by Gasteiger charge is 2.21. The first-order valence-corrected chi connectivity index (χ1v) is 7.33. The standard InChI is InChI=1S/C18H18N2O/c19-9-16-15-7-3-4-8-17(15)21-18(16)12-20-10-13-5-1-2-6-14(13)11-20/h1-8H,9-12,19H2. The van der Waals surface area contributed by atoms with E-state index in [1.165, 1.54) is 11.1 Å². The second-order valence-corrected chi connectivity index (χ2v) is 5.62. The quantitative estimate of drug-likeness (QED) is 0.798. The first-order chi connectivity index (χ1) is 10.3. The molecule has 1 aliphatic rings. The molecule has 0 radical (unpaired) electrons. The summed E-state index contributed by atoms with van der Waals surface area (Å²) in [5.41, 5.74) is 10.9. The van der Waals surface area contributed by atoms with Crippen LogP contribution in [0.2, 0.25) is 0 Å². The van der Waals surface area contributed by atoms with E-state index >= 15 is 0 Å². The van der Waals surface area contributed by atoms with Gasteiger partial charge in [-0.3, -0.25) is 4.90 Å². The highest BCUT2D eigenvalue weighted by atomic mass is 16.3. The zero-order valence-corrected chi connectivity index (χ0v) is 11.9. The number of hydrogen-bond donors (Lipinski definition) is 1. The van der Waals surface area contributed by atoms with Crippen molar-refractivity contribution in [1.29, 1.82) is 0 Å². The lowest BCUT2D eigenvalue weighted by Gasteiger charge is -2.13. The van der Waals surface area contributed by atoms with Gasteiger partial charge in [0.1, 0.15) is 11.3 Å². The van der Waals surface area contributed by atoms with Gasteiger partial charge in [-0.1, -0.05) is 42.5 Å². The van der Waals surface area contributed by atoms with Crippen LogP contribution in [0.5, 0.6) is 0 Å². The van der Waals surface area contributed by atoms with Crippen LogP contribution in [0, 0.1) is 0 Å². The summed E-state index contributed by atoms with van der Waals surface area (Å²) in [4.78, 5) is 2.40. The molecule has 1 aromatic heterocycles. The number of nitrogens with two attached hydrogens (primary N) is 1. The first-order valence-electron chi connectivity index (χ1n) is 7.33. The van der Waals surface area contributed by atoms with Gasteiger partial charge in [0.25, 0.3) is 0 Å². The minimum absolute atomic E-state index is 0.521. The smallest absolute Gasteiger partial charge is 0.134 e. The molecular formula is C18H18N2O. The van der Waals surface area contributed by atoms with Crippen molar-refractivity contribution in [1.82, 2.24) is 4.90 Å². The molecule has 3 heteroatoms. The number of furan rings is 1. The summed E-state index contributed by atoms with van der Waals surface area (Å²) in [6, 6.07) is 16.8. The van der Waals surface area contributed by atoms with Crippen molar-refractivity contribution in [3.05, 3.63) is 71.0 Å². The normalized spacial score (nSPS) is 14.7. The molecule has 21 heavy (non-hydrogen) atoms. The van der Waals surface area contributed by atoms with Crippen molar-refractivity contribution < 1.29 is 4.42 Å². The predicted molar refractivity (Wildman–Crippen MR) is 83.5 cm³/mol. The molecule has 4 rings (SSSR count). The Kier molecular flexibility index (Phi) is 3.02. The molecule has 2 aromatic carbocycles. The number of para-hydroxylation sites is 1. The fourth-order valence-electron chi connectivity index (χ4n) is 3.22. The van der Waals surface area contributed by atoms with Gasteiger partial charge in [0, 0.05) is 30.6 Å². The van der Waals surface area contributed by atoms with Crippen LogP contribution in [-0.2, 0) is 26.2 Å². The molecule has 2 N–H and O–H groups in total. The van der Waals surface area contributed by atoms with E-state index in [-0.39, 0.29) is 0 Å². The Balaban J connectivity index is 1.64. The lowest BCUT2D eigenvalue weighted by atomic mass is 10.1. The Bertz CT molecular complexity index is 766. The SMILES string of the molecule is NCc1c(CN2Cc3ccccc3C2)oc2ccccc12. The molecule has 106 valence electrons. The Morgan fingerprint density at radius 1 is 0.952 bits per heavy atom. The lowest BCUT2D eigenvalue weighted by Crippen LogP contribution is -2.16. The second kappa shape index (κ2) is 5.02. The highest BCUT2D eigenvalue weighted by Crippen LogP contribution is 2.29. The van der Waals surface area contributed by atoms with E-state index in [9.17, 15) is 0 Å². The molecule has 0 fully saturated rings. The Labute approximate surface area is 124 Å². The predicted octanol–water partition coefficient (Wildman–Crippen LogP) is 3.41. The molecule has 0 spiro atoms. The zero-order chi connectivity index (χ0) is 14.2. The van der Waals surface area contributed by atoms with Crippen molar-refractivity contribution >= 4 is 11.0 Å². The molecule has 3 aromatic rings. The van der Waals surface area contributed by atoms with Crippen molar-refractivity contribution in [3.8, 4) is 0 Å². The number of hydrogen-bond acceptors (Lipinski definition) is 3. The topological polar surface area (TPSA) is 42.4 Å². The molecular weight excluding hydrogens is 260 g/mol. The van der Waals surface area contributed by atoms with E-state index in [1.807, 2.05) is 18.2 Å². The van der Waals surface area contributed by atoms with E-state index in [0.717, 1.165) is 41.9 Å². The van der Waals surface area contributed by atoms with Crippen LogP contribution in [-0.4, -0.2) is 4.90 Å². The van der Waals surface area contributed by atoms with Crippen LogP contribution in [0.3, 0.4) is 0 Å². The van der Waals surface area contributed by atoms with Crippen molar-refractivity contribution in [2.24, 2.45) is 5.73 Å². The van der Waals surface area contributed by atoms with E-state index in [4.69, 9.17) is 10.2 Å². The van der Waals surface area contributed by atoms with E-state index in [0.29, 0.717) is 6.54 Å². The third kappa shape index (κ3) is 2.15. The number of nitrogens with zero attached hydrogens (tertiary/aromatic N) is 1. The van der Waals surface area contributed by atoms with Gasteiger partial charge in [-0.15, -0.1) is 0 Å². The van der Waals surface area contributed by atoms with Gasteiger partial charge in [0.05, 0.1) is 6.54 Å². The van der Waals surface area contributed by atoms with E-state index < -0.39 is 0 Å². The largest absolute Gasteiger partial charge is 0.459 e. The molecule has 0 aliphatic carbocycles. The van der Waals surface area contributed by atoms with Crippen molar-refractivity contribution in [3.63, 3.8) is 0 Å². The molecule has 1 aliphatic heterocycles. The monoisotopic (exact) mass is 278 g/mol. The summed E-state index contributed by atoms with van der Waals surface area (Å²) in [7, 11) is 0. The van der Waals surface area contributed by atoms with Crippen LogP contribution < -0.4 is 5.73 Å². The number of benzene rings is 2. The van der Waals surface area contributed by atoms with Crippen LogP contribution in [0.15, 0.2) is 52.9 Å². The van der Waals surface area contributed by atoms with E-state index in [1.54, 1.807) is 0 Å². The van der Waals surface area contributed by atoms with Crippen molar-refractivity contribution in [2.45, 2.75) is 26.2 Å². The summed E-state index contributed by atoms with van der Waals surface area (Å²) in [6.45, 7) is 3.30. The number of fused-ring (bicyclic) bond motifs is 2. The maximum atomic E-state index is 6.03. The van der Waals surface area contributed by atoms with Crippen LogP contribution in [0.25, 0.3) is 11.0 Å². The molecule has 3 nitrogen and oxygen atoms in total. The maximum absolute atomic E-state index is 6.03. The fraction of sp³-hybridized carbons (Fsp3) is 0.222. The van der Waals surface area contributed by atoms with Gasteiger partial charge >= 0.3 is 0 Å². The second-order valence-electron chi connectivity index (χ2n) is 5.62. The van der Waals surface area contributed by atoms with Gasteiger partial charge in [-0.2, -0.15) is 0 Å². The first kappa shape index (κ1) is 12.6. The fourth-order valence-corrected chi connectivity index (χ4v) is 3.22. The zero-order valence-electron chi connectivity index (χ0n) is 11.9. The lowest BCUT2D eigenvalue weighted by molar-refractivity contribution is 0.252.